The molecule has 0 amide bonds. The maximum absolute atomic E-state index is 5.64. The maximum atomic E-state index is 5.64. The van der Waals surface area contributed by atoms with Crippen molar-refractivity contribution in [2.75, 3.05) is 25.4 Å². The number of nitrogens with zero attached hydrogens (tertiary/aromatic N) is 2. The predicted molar refractivity (Wildman–Crippen MR) is 68.6 cm³/mol. The second-order valence-electron chi connectivity index (χ2n) is 4.52. The Morgan fingerprint density at radius 3 is 2.76 bits per heavy atom. The van der Waals surface area contributed by atoms with Crippen molar-refractivity contribution in [3.8, 4) is 0 Å². The molecule has 0 spiro atoms. The molecule has 2 N–H and O–H groups in total. The maximum Gasteiger partial charge on any atom is 0.123 e. The number of likely N-dealkylation sites (tertiary alicyclic amines) is 1. The summed E-state index contributed by atoms with van der Waals surface area (Å²) in [5.74, 6) is 0.587. The minimum Gasteiger partial charge on any atom is -0.384 e. The molecule has 17 heavy (non-hydrogen) atoms. The van der Waals surface area contributed by atoms with Crippen LogP contribution >= 0.6 is 0 Å². The summed E-state index contributed by atoms with van der Waals surface area (Å²) in [4.78, 5) is 6.56. The molecule has 0 saturated carbocycles. The smallest absolute Gasteiger partial charge is 0.123 e. The Hall–Kier alpha value is -1.13. The van der Waals surface area contributed by atoms with Crippen molar-refractivity contribution in [3.63, 3.8) is 0 Å². The molecular formula is C13H21N3O. The second kappa shape index (κ2) is 5.98. The van der Waals surface area contributed by atoms with Gasteiger partial charge in [0.25, 0.3) is 0 Å². The first kappa shape index (κ1) is 12.3. The molecule has 1 aromatic rings. The fourth-order valence-corrected chi connectivity index (χ4v) is 2.26. The van der Waals surface area contributed by atoms with Gasteiger partial charge in [0.05, 0.1) is 6.10 Å². The SMILES string of the molecule is CCOC1CCN(Cc2ccc(N)nc2)CC1. The number of nitrogens with two attached hydrogens (primary N) is 1. The first-order valence-corrected chi connectivity index (χ1v) is 6.32. The summed E-state index contributed by atoms with van der Waals surface area (Å²) in [5, 5.41) is 0. The van der Waals surface area contributed by atoms with Crippen LogP contribution in [0.1, 0.15) is 25.3 Å². The van der Waals surface area contributed by atoms with E-state index in [1.807, 2.05) is 12.3 Å². The topological polar surface area (TPSA) is 51.4 Å². The zero-order chi connectivity index (χ0) is 12.1. The number of anilines is 1. The van der Waals surface area contributed by atoms with Crippen LogP contribution in [0.25, 0.3) is 0 Å². The molecule has 1 aliphatic rings. The predicted octanol–water partition coefficient (Wildman–Crippen LogP) is 1.66. The third-order valence-electron chi connectivity index (χ3n) is 3.19. The molecule has 0 unspecified atom stereocenters. The van der Waals surface area contributed by atoms with Crippen LogP contribution in [0, 0.1) is 0 Å². The summed E-state index contributed by atoms with van der Waals surface area (Å²) in [7, 11) is 0. The Bertz CT molecular complexity index is 331. The number of aromatic nitrogens is 1. The lowest BCUT2D eigenvalue weighted by atomic mass is 10.1. The van der Waals surface area contributed by atoms with E-state index in [2.05, 4.69) is 22.9 Å². The van der Waals surface area contributed by atoms with E-state index >= 15 is 0 Å². The van der Waals surface area contributed by atoms with Crippen LogP contribution in [0.5, 0.6) is 0 Å². The summed E-state index contributed by atoms with van der Waals surface area (Å²) < 4.78 is 5.64. The Kier molecular flexibility index (Phi) is 4.34. The van der Waals surface area contributed by atoms with Crippen LogP contribution in [0.3, 0.4) is 0 Å². The zero-order valence-corrected chi connectivity index (χ0v) is 10.4. The number of piperidine rings is 1. The lowest BCUT2D eigenvalue weighted by molar-refractivity contribution is 0.0125. The van der Waals surface area contributed by atoms with Gasteiger partial charge in [-0.1, -0.05) is 6.07 Å². The summed E-state index contributed by atoms with van der Waals surface area (Å²) >= 11 is 0. The van der Waals surface area contributed by atoms with Crippen LogP contribution in [0.15, 0.2) is 18.3 Å². The molecule has 1 saturated heterocycles. The van der Waals surface area contributed by atoms with Crippen molar-refractivity contribution in [1.82, 2.24) is 9.88 Å². The number of ether oxygens (including phenoxy) is 1. The van der Waals surface area contributed by atoms with Gasteiger partial charge in [-0.2, -0.15) is 0 Å². The third kappa shape index (κ3) is 3.68. The lowest BCUT2D eigenvalue weighted by Gasteiger charge is -2.31. The van der Waals surface area contributed by atoms with Crippen molar-refractivity contribution in [2.24, 2.45) is 0 Å². The quantitative estimate of drug-likeness (QED) is 0.862. The monoisotopic (exact) mass is 235 g/mol. The highest BCUT2D eigenvalue weighted by Crippen LogP contribution is 2.16. The van der Waals surface area contributed by atoms with Gasteiger partial charge in [0.1, 0.15) is 5.82 Å². The van der Waals surface area contributed by atoms with E-state index in [0.717, 1.165) is 39.1 Å². The normalized spacial score (nSPS) is 18.4. The number of hydrogen-bond acceptors (Lipinski definition) is 4. The standard InChI is InChI=1S/C13H21N3O/c1-2-17-12-5-7-16(8-6-12)10-11-3-4-13(14)15-9-11/h3-4,9,12H,2,5-8,10H2,1H3,(H2,14,15). The summed E-state index contributed by atoms with van der Waals surface area (Å²) in [6.45, 7) is 6.06. The fourth-order valence-electron chi connectivity index (χ4n) is 2.26. The van der Waals surface area contributed by atoms with Crippen molar-refractivity contribution >= 4 is 5.82 Å². The summed E-state index contributed by atoms with van der Waals surface area (Å²) in [6.07, 6.45) is 4.59. The third-order valence-corrected chi connectivity index (χ3v) is 3.19. The molecule has 94 valence electrons. The molecule has 0 atom stereocenters. The van der Waals surface area contributed by atoms with Gasteiger partial charge in [-0.25, -0.2) is 4.98 Å². The van der Waals surface area contributed by atoms with E-state index < -0.39 is 0 Å². The Labute approximate surface area is 103 Å². The molecule has 0 radical (unpaired) electrons. The number of hydrogen-bond donors (Lipinski definition) is 1. The molecule has 1 fully saturated rings. The van der Waals surface area contributed by atoms with Gasteiger partial charge in [-0.05, 0) is 31.4 Å². The average Bonchev–Trinajstić information content (AvgIpc) is 2.35. The number of nitrogen functional groups attached to an aromatic ring is 1. The van der Waals surface area contributed by atoms with Crippen LogP contribution in [-0.4, -0.2) is 35.7 Å². The molecule has 1 aromatic heterocycles. The van der Waals surface area contributed by atoms with Gasteiger partial charge in [0.15, 0.2) is 0 Å². The largest absolute Gasteiger partial charge is 0.384 e. The minimum atomic E-state index is 0.459. The average molecular weight is 235 g/mol. The highest BCUT2D eigenvalue weighted by Gasteiger charge is 2.19. The molecule has 0 aliphatic carbocycles. The highest BCUT2D eigenvalue weighted by atomic mass is 16.5. The number of pyridine rings is 1. The Morgan fingerprint density at radius 2 is 2.18 bits per heavy atom. The van der Waals surface area contributed by atoms with Crippen LogP contribution in [0.2, 0.25) is 0 Å². The molecule has 2 rings (SSSR count). The van der Waals surface area contributed by atoms with Crippen LogP contribution in [-0.2, 0) is 11.3 Å². The van der Waals surface area contributed by atoms with Crippen molar-refractivity contribution in [2.45, 2.75) is 32.4 Å². The first-order valence-electron chi connectivity index (χ1n) is 6.32. The van der Waals surface area contributed by atoms with Gasteiger partial charge in [-0.15, -0.1) is 0 Å². The summed E-state index contributed by atoms with van der Waals surface area (Å²) in [6, 6.07) is 3.92. The fraction of sp³-hybridized carbons (Fsp3) is 0.615. The van der Waals surface area contributed by atoms with Crippen LogP contribution < -0.4 is 5.73 Å². The lowest BCUT2D eigenvalue weighted by Crippen LogP contribution is -2.36. The minimum absolute atomic E-state index is 0.459. The number of rotatable bonds is 4. The van der Waals surface area contributed by atoms with E-state index in [9.17, 15) is 0 Å². The van der Waals surface area contributed by atoms with E-state index in [0.29, 0.717) is 11.9 Å². The summed E-state index contributed by atoms with van der Waals surface area (Å²) in [5.41, 5.74) is 6.80. The van der Waals surface area contributed by atoms with Gasteiger partial charge >= 0.3 is 0 Å². The molecule has 4 heteroatoms. The van der Waals surface area contributed by atoms with Crippen molar-refractivity contribution in [1.29, 1.82) is 0 Å². The zero-order valence-electron chi connectivity index (χ0n) is 10.4. The van der Waals surface area contributed by atoms with Gasteiger partial charge in [0, 0.05) is 32.4 Å². The van der Waals surface area contributed by atoms with E-state index in [-0.39, 0.29) is 0 Å². The van der Waals surface area contributed by atoms with Gasteiger partial charge < -0.3 is 10.5 Å². The molecule has 0 bridgehead atoms. The Balaban J connectivity index is 1.79. The van der Waals surface area contributed by atoms with E-state index in [1.165, 1.54) is 5.56 Å². The van der Waals surface area contributed by atoms with Gasteiger partial charge in [0.2, 0.25) is 0 Å². The first-order chi connectivity index (χ1) is 8.28. The van der Waals surface area contributed by atoms with E-state index in [4.69, 9.17) is 10.5 Å². The molecule has 1 aliphatic heterocycles. The molecule has 4 nitrogen and oxygen atoms in total. The Morgan fingerprint density at radius 1 is 1.41 bits per heavy atom. The van der Waals surface area contributed by atoms with Crippen molar-refractivity contribution in [3.05, 3.63) is 23.9 Å². The second-order valence-corrected chi connectivity index (χ2v) is 4.52. The molecule has 0 aromatic carbocycles. The highest BCUT2D eigenvalue weighted by molar-refractivity contribution is 5.29. The van der Waals surface area contributed by atoms with E-state index in [1.54, 1.807) is 0 Å². The van der Waals surface area contributed by atoms with Gasteiger partial charge in [-0.3, -0.25) is 4.90 Å². The molecular weight excluding hydrogens is 214 g/mol. The van der Waals surface area contributed by atoms with Crippen molar-refractivity contribution < 1.29 is 4.74 Å². The molecule has 2 heterocycles. The van der Waals surface area contributed by atoms with Crippen LogP contribution in [0.4, 0.5) is 5.82 Å².